The second-order valence-electron chi connectivity index (χ2n) is 20.5. The molecule has 0 aromatic heterocycles. The molecule has 0 heterocycles. The van der Waals surface area contributed by atoms with Crippen molar-refractivity contribution in [2.45, 2.75) is 245 Å². The molecular formula is C65H110O16P2. The first kappa shape index (κ1) is 79.2. The summed E-state index contributed by atoms with van der Waals surface area (Å²) in [6.07, 6.45) is 63.1. The Kier molecular flexibility index (Phi) is 55.9. The lowest BCUT2D eigenvalue weighted by atomic mass is 10.1. The van der Waals surface area contributed by atoms with Crippen LogP contribution in [0.25, 0.3) is 0 Å². The first-order valence-corrected chi connectivity index (χ1v) is 34.2. The number of hydrogen-bond acceptors (Lipinski definition) is 14. The van der Waals surface area contributed by atoms with Crippen LogP contribution in [0.2, 0.25) is 0 Å². The molecule has 0 spiro atoms. The van der Waals surface area contributed by atoms with Gasteiger partial charge in [-0.1, -0.05) is 226 Å². The number of rotatable bonds is 58. The van der Waals surface area contributed by atoms with Gasteiger partial charge >= 0.3 is 33.6 Å². The fraction of sp³-hybridized carbons (Fsp3) is 0.677. The molecule has 0 bridgehead atoms. The molecule has 0 amide bonds. The number of carbonyl (C=O) groups excluding carboxylic acids is 3. The van der Waals surface area contributed by atoms with E-state index in [1.165, 1.54) is 38.5 Å². The number of aliphatic hydroxyl groups excluding tert-OH is 2. The van der Waals surface area contributed by atoms with E-state index in [9.17, 15) is 43.5 Å². The molecule has 5 unspecified atom stereocenters. The number of carbonyl (C=O) groups is 3. The highest BCUT2D eigenvalue weighted by molar-refractivity contribution is 7.47. The zero-order valence-electron chi connectivity index (χ0n) is 51.1. The summed E-state index contributed by atoms with van der Waals surface area (Å²) in [4.78, 5) is 58.1. The normalized spacial score (nSPS) is 15.1. The summed E-state index contributed by atoms with van der Waals surface area (Å²) < 4.78 is 60.6. The molecule has 0 aliphatic rings. The monoisotopic (exact) mass is 1210 g/mol. The lowest BCUT2D eigenvalue weighted by Crippen LogP contribution is -2.30. The van der Waals surface area contributed by atoms with Crippen molar-refractivity contribution in [3.63, 3.8) is 0 Å². The third-order valence-corrected chi connectivity index (χ3v) is 14.4. The second-order valence-corrected chi connectivity index (χ2v) is 23.4. The van der Waals surface area contributed by atoms with Gasteiger partial charge in [-0.25, -0.2) is 9.13 Å². The van der Waals surface area contributed by atoms with E-state index in [1.54, 1.807) is 0 Å². The van der Waals surface area contributed by atoms with Crippen molar-refractivity contribution in [1.82, 2.24) is 0 Å². The summed E-state index contributed by atoms with van der Waals surface area (Å²) in [5.41, 5.74) is 0. The number of ether oxygens (including phenoxy) is 3. The van der Waals surface area contributed by atoms with Crippen LogP contribution >= 0.6 is 15.6 Å². The Morgan fingerprint density at radius 3 is 1.08 bits per heavy atom. The molecule has 18 heteroatoms. The second kappa shape index (κ2) is 58.6. The Balaban J connectivity index is 4.69. The van der Waals surface area contributed by atoms with Crippen LogP contribution in [-0.4, -0.2) is 95.9 Å². The minimum Gasteiger partial charge on any atom is -0.463 e. The van der Waals surface area contributed by atoms with Gasteiger partial charge in [-0.05, 0) is 89.9 Å². The van der Waals surface area contributed by atoms with Gasteiger partial charge in [0.1, 0.15) is 25.4 Å². The van der Waals surface area contributed by atoms with E-state index in [4.69, 9.17) is 32.3 Å². The Morgan fingerprint density at radius 1 is 0.349 bits per heavy atom. The van der Waals surface area contributed by atoms with Crippen molar-refractivity contribution >= 4 is 33.6 Å². The number of phosphoric ester groups is 2. The zero-order valence-corrected chi connectivity index (χ0v) is 52.9. The van der Waals surface area contributed by atoms with E-state index in [-0.39, 0.29) is 19.3 Å². The fourth-order valence-electron chi connectivity index (χ4n) is 7.79. The maximum absolute atomic E-state index is 12.8. The summed E-state index contributed by atoms with van der Waals surface area (Å²) >= 11 is 0. The van der Waals surface area contributed by atoms with Crippen molar-refractivity contribution in [3.8, 4) is 0 Å². The molecule has 0 aromatic carbocycles. The maximum Gasteiger partial charge on any atom is 0.472 e. The highest BCUT2D eigenvalue weighted by Crippen LogP contribution is 2.45. The molecular weight excluding hydrogens is 1100 g/mol. The van der Waals surface area contributed by atoms with Crippen LogP contribution in [0.3, 0.4) is 0 Å². The molecule has 83 heavy (non-hydrogen) atoms. The summed E-state index contributed by atoms with van der Waals surface area (Å²) in [6, 6.07) is 0. The SMILES string of the molecule is CC/C=C\C/C=C\C/C=C\C/C=C\C/C=C\C/C=C\CCC(=O)OCC(O)COP(=O)(O)OCC(O)COP(=O)(O)OCC(COC(=O)CCCCCCCCC/C=C\C/C=C\C/C=C\CC)OC(=O)CCCCCCCCCCCCC. The quantitative estimate of drug-likeness (QED) is 0.0146. The third kappa shape index (κ3) is 59.7. The highest BCUT2D eigenvalue weighted by Gasteiger charge is 2.29. The van der Waals surface area contributed by atoms with Gasteiger partial charge in [0.2, 0.25) is 0 Å². The van der Waals surface area contributed by atoms with Crippen molar-refractivity contribution in [1.29, 1.82) is 0 Å². The Bertz CT molecular complexity index is 1960. The molecule has 4 N–H and O–H groups in total. The van der Waals surface area contributed by atoms with Gasteiger partial charge in [-0.15, -0.1) is 0 Å². The van der Waals surface area contributed by atoms with E-state index in [0.717, 1.165) is 122 Å². The van der Waals surface area contributed by atoms with Gasteiger partial charge in [0, 0.05) is 19.3 Å². The first-order valence-electron chi connectivity index (χ1n) is 31.2. The van der Waals surface area contributed by atoms with E-state index in [0.29, 0.717) is 25.7 Å². The van der Waals surface area contributed by atoms with Gasteiger partial charge in [-0.3, -0.25) is 32.5 Å². The largest absolute Gasteiger partial charge is 0.472 e. The lowest BCUT2D eigenvalue weighted by Gasteiger charge is -2.21. The van der Waals surface area contributed by atoms with Gasteiger partial charge in [0.05, 0.1) is 26.4 Å². The fourth-order valence-corrected chi connectivity index (χ4v) is 9.37. The van der Waals surface area contributed by atoms with E-state index in [2.05, 4.69) is 112 Å². The smallest absolute Gasteiger partial charge is 0.463 e. The number of phosphoric acid groups is 2. The molecule has 0 saturated heterocycles. The standard InChI is InChI=1S/C65H110O16P2/c1-4-7-10-13-16-19-22-24-26-28-29-31-33-34-37-39-42-45-48-51-63(68)75-54-60(66)55-77-82(71,72)78-56-61(67)57-79-83(73,74)80-59-62(81-65(70)53-50-47-44-41-36-21-18-15-12-9-6-3)58-76-64(69)52-49-46-43-40-38-35-32-30-27-25-23-20-17-14-11-8-5-2/h7-8,10-11,16-17,19-20,24-27,29,31,34,37,42,45,60-62,66-67H,4-6,9,12-15,18,21-23,28,30,32-33,35-36,38-41,43-44,46-59H2,1-3H3,(H,71,72)(H,73,74)/b10-7-,11-8-,19-16-,20-17-,26-24-,27-25-,31-29-,37-34-,45-42-. The van der Waals surface area contributed by atoms with E-state index < -0.39 is 91.5 Å². The summed E-state index contributed by atoms with van der Waals surface area (Å²) in [5.74, 6) is -1.67. The van der Waals surface area contributed by atoms with E-state index in [1.807, 2.05) is 18.2 Å². The lowest BCUT2D eigenvalue weighted by molar-refractivity contribution is -0.161. The average Bonchev–Trinajstić information content (AvgIpc) is 3.47. The maximum atomic E-state index is 12.8. The zero-order chi connectivity index (χ0) is 61.0. The van der Waals surface area contributed by atoms with Crippen molar-refractivity contribution in [3.05, 3.63) is 109 Å². The van der Waals surface area contributed by atoms with Crippen molar-refractivity contribution in [2.75, 3.05) is 39.6 Å². The minimum atomic E-state index is -4.92. The first-order chi connectivity index (χ1) is 40.2. The average molecular weight is 1210 g/mol. The van der Waals surface area contributed by atoms with Crippen LogP contribution in [0.15, 0.2) is 109 Å². The van der Waals surface area contributed by atoms with Crippen molar-refractivity contribution < 1.29 is 75.8 Å². The van der Waals surface area contributed by atoms with Crippen LogP contribution in [0.4, 0.5) is 0 Å². The van der Waals surface area contributed by atoms with Gasteiger partial charge < -0.3 is 34.2 Å². The van der Waals surface area contributed by atoms with Gasteiger partial charge in [0.15, 0.2) is 6.10 Å². The number of esters is 3. The number of hydrogen-bond donors (Lipinski definition) is 4. The van der Waals surface area contributed by atoms with Crippen LogP contribution in [0.5, 0.6) is 0 Å². The minimum absolute atomic E-state index is 0.0585. The molecule has 0 rings (SSSR count). The van der Waals surface area contributed by atoms with Gasteiger partial charge in [-0.2, -0.15) is 0 Å². The summed E-state index contributed by atoms with van der Waals surface area (Å²) in [7, 11) is -9.78. The van der Waals surface area contributed by atoms with Crippen LogP contribution < -0.4 is 0 Å². The van der Waals surface area contributed by atoms with E-state index >= 15 is 0 Å². The predicted octanol–water partition coefficient (Wildman–Crippen LogP) is 16.5. The Morgan fingerprint density at radius 2 is 0.663 bits per heavy atom. The van der Waals surface area contributed by atoms with Crippen LogP contribution in [0, 0.1) is 0 Å². The van der Waals surface area contributed by atoms with Crippen LogP contribution in [0.1, 0.15) is 226 Å². The molecule has 0 radical (unpaired) electrons. The van der Waals surface area contributed by atoms with Crippen LogP contribution in [-0.2, 0) is 55.8 Å². The Hall–Kier alpha value is -3.79. The molecule has 0 aromatic rings. The number of aliphatic hydroxyl groups is 2. The molecule has 0 aliphatic carbocycles. The Labute approximate surface area is 500 Å². The van der Waals surface area contributed by atoms with Gasteiger partial charge in [0.25, 0.3) is 0 Å². The molecule has 16 nitrogen and oxygen atoms in total. The molecule has 476 valence electrons. The third-order valence-electron chi connectivity index (χ3n) is 12.5. The molecule has 0 aliphatic heterocycles. The highest BCUT2D eigenvalue weighted by atomic mass is 31.2. The summed E-state index contributed by atoms with van der Waals surface area (Å²) in [5, 5.41) is 20.5. The number of allylic oxidation sites excluding steroid dienone is 18. The summed E-state index contributed by atoms with van der Waals surface area (Å²) in [6.45, 7) is 2.31. The number of unbranched alkanes of at least 4 members (excludes halogenated alkanes) is 17. The molecule has 0 saturated carbocycles. The van der Waals surface area contributed by atoms with Crippen molar-refractivity contribution in [2.24, 2.45) is 0 Å². The molecule has 0 fully saturated rings. The predicted molar refractivity (Wildman–Crippen MR) is 334 cm³/mol. The topological polar surface area (TPSA) is 231 Å². The molecule has 5 atom stereocenters.